The normalized spacial score (nSPS) is 23.1. The van der Waals surface area contributed by atoms with Gasteiger partial charge in [-0.3, -0.25) is 4.90 Å². The summed E-state index contributed by atoms with van der Waals surface area (Å²) in [7, 11) is 0. The molecule has 1 aliphatic rings. The second kappa shape index (κ2) is 7.24. The van der Waals surface area contributed by atoms with Gasteiger partial charge in [-0.1, -0.05) is 33.1 Å². The van der Waals surface area contributed by atoms with Crippen LogP contribution in [0.15, 0.2) is 0 Å². The third-order valence-electron chi connectivity index (χ3n) is 2.91. The predicted molar refractivity (Wildman–Crippen MR) is 60.4 cm³/mol. The summed E-state index contributed by atoms with van der Waals surface area (Å²) in [6, 6.07) is 0. The molecule has 0 aromatic carbocycles. The molecule has 2 nitrogen and oxygen atoms in total. The summed E-state index contributed by atoms with van der Waals surface area (Å²) in [5.74, 6) is 0. The standard InChI is InChI=1S/C12H25NO/c1-3-5-6-7-8-12-13(9-4-2)10-11-14-12/h12H,3-11H2,1-2H3. The number of hydrogen-bond donors (Lipinski definition) is 0. The minimum absolute atomic E-state index is 0.437. The fourth-order valence-electron chi connectivity index (χ4n) is 2.11. The third kappa shape index (κ3) is 3.97. The van der Waals surface area contributed by atoms with Crippen molar-refractivity contribution < 1.29 is 4.74 Å². The lowest BCUT2D eigenvalue weighted by Crippen LogP contribution is -2.30. The van der Waals surface area contributed by atoms with E-state index in [9.17, 15) is 0 Å². The van der Waals surface area contributed by atoms with Gasteiger partial charge in [0.2, 0.25) is 0 Å². The quantitative estimate of drug-likeness (QED) is 0.584. The van der Waals surface area contributed by atoms with Crippen LogP contribution in [0.25, 0.3) is 0 Å². The van der Waals surface area contributed by atoms with E-state index in [0.717, 1.165) is 13.2 Å². The summed E-state index contributed by atoms with van der Waals surface area (Å²) in [4.78, 5) is 2.49. The Labute approximate surface area is 88.6 Å². The van der Waals surface area contributed by atoms with Gasteiger partial charge in [0.05, 0.1) is 6.61 Å². The van der Waals surface area contributed by atoms with E-state index < -0.39 is 0 Å². The van der Waals surface area contributed by atoms with Crippen LogP contribution in [-0.4, -0.2) is 30.8 Å². The van der Waals surface area contributed by atoms with Gasteiger partial charge in [0.1, 0.15) is 6.23 Å². The molecular weight excluding hydrogens is 174 g/mol. The Hall–Kier alpha value is -0.0800. The molecular formula is C12H25NO. The van der Waals surface area contributed by atoms with Crippen LogP contribution in [0.1, 0.15) is 52.4 Å². The lowest BCUT2D eigenvalue weighted by molar-refractivity contribution is 0.0254. The van der Waals surface area contributed by atoms with Gasteiger partial charge >= 0.3 is 0 Å². The van der Waals surface area contributed by atoms with Gasteiger partial charge < -0.3 is 4.74 Å². The molecule has 0 N–H and O–H groups in total. The number of unbranched alkanes of at least 4 members (excludes halogenated alkanes) is 3. The Balaban J connectivity index is 2.09. The van der Waals surface area contributed by atoms with Crippen LogP contribution >= 0.6 is 0 Å². The van der Waals surface area contributed by atoms with E-state index in [2.05, 4.69) is 18.7 Å². The summed E-state index contributed by atoms with van der Waals surface area (Å²) in [5, 5.41) is 0. The Morgan fingerprint density at radius 1 is 1.14 bits per heavy atom. The maximum Gasteiger partial charge on any atom is 0.110 e. The van der Waals surface area contributed by atoms with Gasteiger partial charge in [-0.25, -0.2) is 0 Å². The van der Waals surface area contributed by atoms with Crippen LogP contribution in [0.5, 0.6) is 0 Å². The van der Waals surface area contributed by atoms with E-state index in [1.165, 1.54) is 45.1 Å². The molecule has 1 saturated heterocycles. The largest absolute Gasteiger partial charge is 0.362 e. The second-order valence-corrected chi connectivity index (χ2v) is 4.21. The molecule has 0 spiro atoms. The van der Waals surface area contributed by atoms with Crippen molar-refractivity contribution >= 4 is 0 Å². The van der Waals surface area contributed by atoms with E-state index in [1.54, 1.807) is 0 Å². The highest BCUT2D eigenvalue weighted by molar-refractivity contribution is 4.69. The number of hydrogen-bond acceptors (Lipinski definition) is 2. The molecule has 2 heteroatoms. The van der Waals surface area contributed by atoms with Gasteiger partial charge in [-0.05, 0) is 19.3 Å². The fourth-order valence-corrected chi connectivity index (χ4v) is 2.11. The van der Waals surface area contributed by atoms with Crippen LogP contribution < -0.4 is 0 Å². The Morgan fingerprint density at radius 3 is 2.71 bits per heavy atom. The van der Waals surface area contributed by atoms with Crippen LogP contribution in [0.4, 0.5) is 0 Å². The average molecular weight is 199 g/mol. The topological polar surface area (TPSA) is 12.5 Å². The number of nitrogens with zero attached hydrogens (tertiary/aromatic N) is 1. The zero-order chi connectivity index (χ0) is 10.2. The van der Waals surface area contributed by atoms with Crippen molar-refractivity contribution in [2.45, 2.75) is 58.6 Å². The summed E-state index contributed by atoms with van der Waals surface area (Å²) >= 11 is 0. The molecule has 0 saturated carbocycles. The lowest BCUT2D eigenvalue weighted by atomic mass is 10.1. The summed E-state index contributed by atoms with van der Waals surface area (Å²) in [6.45, 7) is 7.80. The molecule has 0 aromatic rings. The van der Waals surface area contributed by atoms with Crippen molar-refractivity contribution in [1.82, 2.24) is 4.90 Å². The highest BCUT2D eigenvalue weighted by Crippen LogP contribution is 2.17. The van der Waals surface area contributed by atoms with Crippen molar-refractivity contribution in [1.29, 1.82) is 0 Å². The number of ether oxygens (including phenoxy) is 1. The van der Waals surface area contributed by atoms with Crippen molar-refractivity contribution in [2.24, 2.45) is 0 Å². The second-order valence-electron chi connectivity index (χ2n) is 4.21. The van der Waals surface area contributed by atoms with E-state index in [1.807, 2.05) is 0 Å². The zero-order valence-corrected chi connectivity index (χ0v) is 9.80. The molecule has 1 rings (SSSR count). The van der Waals surface area contributed by atoms with Crippen molar-refractivity contribution in [3.63, 3.8) is 0 Å². The van der Waals surface area contributed by atoms with Gasteiger partial charge in [0.15, 0.2) is 0 Å². The molecule has 14 heavy (non-hydrogen) atoms. The average Bonchev–Trinajstić information content (AvgIpc) is 2.61. The van der Waals surface area contributed by atoms with E-state index in [0.29, 0.717) is 6.23 Å². The molecule has 1 unspecified atom stereocenters. The molecule has 0 amide bonds. The van der Waals surface area contributed by atoms with E-state index in [4.69, 9.17) is 4.74 Å². The smallest absolute Gasteiger partial charge is 0.110 e. The summed E-state index contributed by atoms with van der Waals surface area (Å²) in [5.41, 5.74) is 0. The van der Waals surface area contributed by atoms with Gasteiger partial charge in [0.25, 0.3) is 0 Å². The molecule has 1 atom stereocenters. The first kappa shape index (κ1) is 12.0. The minimum atomic E-state index is 0.437. The maximum absolute atomic E-state index is 5.72. The highest BCUT2D eigenvalue weighted by Gasteiger charge is 2.23. The van der Waals surface area contributed by atoms with Gasteiger partial charge in [0, 0.05) is 13.1 Å². The van der Waals surface area contributed by atoms with Crippen molar-refractivity contribution in [3.8, 4) is 0 Å². The van der Waals surface area contributed by atoms with Gasteiger partial charge in [-0.15, -0.1) is 0 Å². The molecule has 1 heterocycles. The molecule has 1 aliphatic heterocycles. The SMILES string of the molecule is CCCCCCC1OCCN1CCC. The van der Waals surface area contributed by atoms with Gasteiger partial charge in [-0.2, -0.15) is 0 Å². The molecule has 84 valence electrons. The Bertz CT molecular complexity index is 138. The zero-order valence-electron chi connectivity index (χ0n) is 9.80. The van der Waals surface area contributed by atoms with Crippen LogP contribution in [0.2, 0.25) is 0 Å². The van der Waals surface area contributed by atoms with Crippen LogP contribution in [-0.2, 0) is 4.74 Å². The summed E-state index contributed by atoms with van der Waals surface area (Å²) < 4.78 is 5.72. The Kier molecular flexibility index (Phi) is 6.20. The fraction of sp³-hybridized carbons (Fsp3) is 1.00. The molecule has 0 radical (unpaired) electrons. The van der Waals surface area contributed by atoms with E-state index in [-0.39, 0.29) is 0 Å². The monoisotopic (exact) mass is 199 g/mol. The third-order valence-corrected chi connectivity index (χ3v) is 2.91. The highest BCUT2D eigenvalue weighted by atomic mass is 16.5. The minimum Gasteiger partial charge on any atom is -0.362 e. The first-order chi connectivity index (χ1) is 6.88. The summed E-state index contributed by atoms with van der Waals surface area (Å²) in [6.07, 6.45) is 8.32. The molecule has 1 fully saturated rings. The van der Waals surface area contributed by atoms with Crippen LogP contribution in [0.3, 0.4) is 0 Å². The molecule has 0 bridgehead atoms. The Morgan fingerprint density at radius 2 is 2.00 bits per heavy atom. The molecule has 0 aromatic heterocycles. The van der Waals surface area contributed by atoms with E-state index >= 15 is 0 Å². The maximum atomic E-state index is 5.72. The predicted octanol–water partition coefficient (Wildman–Crippen LogP) is 3.03. The van der Waals surface area contributed by atoms with Crippen molar-refractivity contribution in [3.05, 3.63) is 0 Å². The first-order valence-corrected chi connectivity index (χ1v) is 6.24. The first-order valence-electron chi connectivity index (χ1n) is 6.24. The van der Waals surface area contributed by atoms with Crippen molar-refractivity contribution in [2.75, 3.05) is 19.7 Å². The number of rotatable bonds is 7. The lowest BCUT2D eigenvalue weighted by Gasteiger charge is -2.21. The molecule has 0 aliphatic carbocycles. The van der Waals surface area contributed by atoms with Crippen LogP contribution in [0, 0.1) is 0 Å².